The molecule has 4 rings (SSSR count). The third-order valence-corrected chi connectivity index (χ3v) is 7.28. The molecule has 2 aliphatic heterocycles. The van der Waals surface area contributed by atoms with E-state index < -0.39 is 17.2 Å². The van der Waals surface area contributed by atoms with Gasteiger partial charge in [0.2, 0.25) is 0 Å². The van der Waals surface area contributed by atoms with Crippen molar-refractivity contribution in [2.45, 2.75) is 6.92 Å². The molecule has 0 aromatic carbocycles. The standard InChI is InChI=1S/C19H23ClFN7O2S2/c1-12-23-16(8-17(24-12)28-4-2-27(3-5-28)6-7-29)26-19-22-9-15(31-19)18(30)25-14-11-32(21)10-13(14)20/h8-11,29,32H,2-7H2,1H3,(H,25,30)(H,22,23,24,26). The van der Waals surface area contributed by atoms with Crippen LogP contribution in [0, 0.1) is 6.92 Å². The van der Waals surface area contributed by atoms with Crippen LogP contribution >= 0.6 is 34.2 Å². The summed E-state index contributed by atoms with van der Waals surface area (Å²) >= 11 is 5.17. The quantitative estimate of drug-likeness (QED) is 0.431. The highest BCUT2D eigenvalue weighted by Crippen LogP contribution is 2.41. The van der Waals surface area contributed by atoms with Gasteiger partial charge in [-0.25, -0.2) is 15.0 Å². The molecule has 2 aromatic heterocycles. The van der Waals surface area contributed by atoms with Crippen molar-refractivity contribution in [3.63, 3.8) is 0 Å². The van der Waals surface area contributed by atoms with Gasteiger partial charge in [0.05, 0.1) is 23.5 Å². The molecule has 0 radical (unpaired) electrons. The molecule has 1 unspecified atom stereocenters. The Labute approximate surface area is 196 Å². The molecular weight excluding hydrogens is 477 g/mol. The Kier molecular flexibility index (Phi) is 7.26. The molecule has 0 bridgehead atoms. The largest absolute Gasteiger partial charge is 0.395 e. The fourth-order valence-electron chi connectivity index (χ4n) is 3.34. The molecule has 172 valence electrons. The molecule has 2 aromatic rings. The van der Waals surface area contributed by atoms with E-state index >= 15 is 0 Å². The number of aliphatic hydroxyl groups excluding tert-OH is 1. The number of thiol groups is 1. The first-order valence-electron chi connectivity index (χ1n) is 9.93. The van der Waals surface area contributed by atoms with E-state index in [0.717, 1.165) is 43.3 Å². The van der Waals surface area contributed by atoms with Gasteiger partial charge in [-0.3, -0.25) is 9.69 Å². The number of hydrogen-bond donors (Lipinski definition) is 4. The first-order chi connectivity index (χ1) is 15.4. The van der Waals surface area contributed by atoms with Crippen LogP contribution in [0.4, 0.5) is 20.7 Å². The van der Waals surface area contributed by atoms with Gasteiger partial charge in [0.1, 0.15) is 22.3 Å². The average Bonchev–Trinajstić information content (AvgIpc) is 3.34. The number of hydrogen-bond acceptors (Lipinski definition) is 9. The van der Waals surface area contributed by atoms with E-state index in [2.05, 4.69) is 35.4 Å². The van der Waals surface area contributed by atoms with E-state index in [1.54, 1.807) is 0 Å². The lowest BCUT2D eigenvalue weighted by atomic mass is 10.3. The van der Waals surface area contributed by atoms with E-state index in [-0.39, 0.29) is 17.3 Å². The zero-order chi connectivity index (χ0) is 22.7. The van der Waals surface area contributed by atoms with Crippen molar-refractivity contribution >= 4 is 56.9 Å². The predicted octanol–water partition coefficient (Wildman–Crippen LogP) is 2.65. The van der Waals surface area contributed by atoms with Gasteiger partial charge >= 0.3 is 0 Å². The van der Waals surface area contributed by atoms with Crippen LogP contribution in [0.15, 0.2) is 33.8 Å². The maximum Gasteiger partial charge on any atom is 0.267 e. The normalized spacial score (nSPS) is 20.1. The Morgan fingerprint density at radius 2 is 2.09 bits per heavy atom. The van der Waals surface area contributed by atoms with Gasteiger partial charge < -0.3 is 20.6 Å². The fraction of sp³-hybridized carbons (Fsp3) is 0.368. The Morgan fingerprint density at radius 3 is 2.78 bits per heavy atom. The van der Waals surface area contributed by atoms with Crippen LogP contribution in [0.2, 0.25) is 0 Å². The topological polar surface area (TPSA) is 107 Å². The summed E-state index contributed by atoms with van der Waals surface area (Å²) in [7, 11) is 0. The number of allylic oxidation sites excluding steroid dienone is 1. The number of aliphatic hydroxyl groups is 1. The second-order valence-electron chi connectivity index (χ2n) is 7.18. The molecule has 4 heterocycles. The molecule has 1 saturated heterocycles. The highest BCUT2D eigenvalue weighted by Gasteiger charge is 2.20. The zero-order valence-electron chi connectivity index (χ0n) is 17.3. The number of β-amino-alcohol motifs (C(OH)–C–C–N with tert-alkyl or cyclic N) is 1. The van der Waals surface area contributed by atoms with Crippen LogP contribution in [0.3, 0.4) is 0 Å². The van der Waals surface area contributed by atoms with E-state index in [1.165, 1.54) is 17.0 Å². The van der Waals surface area contributed by atoms with Crippen LogP contribution in [0.1, 0.15) is 15.5 Å². The first kappa shape index (κ1) is 22.9. The number of piperazine rings is 1. The first-order valence-corrected chi connectivity index (χ1v) is 12.5. The summed E-state index contributed by atoms with van der Waals surface area (Å²) in [5, 5.41) is 18.2. The van der Waals surface area contributed by atoms with Gasteiger partial charge in [0, 0.05) is 49.6 Å². The van der Waals surface area contributed by atoms with Gasteiger partial charge in [-0.15, -0.1) is 0 Å². The number of carbonyl (C=O) groups is 1. The minimum Gasteiger partial charge on any atom is -0.395 e. The summed E-state index contributed by atoms with van der Waals surface area (Å²) in [4.78, 5) is 30.4. The van der Waals surface area contributed by atoms with Crippen molar-refractivity contribution in [2.75, 3.05) is 49.5 Å². The minimum absolute atomic E-state index is 0.160. The molecule has 0 saturated carbocycles. The van der Waals surface area contributed by atoms with Crippen LogP contribution in [-0.2, 0) is 0 Å². The maximum absolute atomic E-state index is 13.4. The van der Waals surface area contributed by atoms with Gasteiger partial charge in [-0.05, 0) is 6.92 Å². The van der Waals surface area contributed by atoms with Gasteiger partial charge in [0.15, 0.2) is 5.13 Å². The monoisotopic (exact) mass is 499 g/mol. The molecule has 1 atom stereocenters. The number of halogens is 2. The van der Waals surface area contributed by atoms with Crippen molar-refractivity contribution in [1.82, 2.24) is 25.2 Å². The molecule has 0 spiro atoms. The molecule has 1 fully saturated rings. The number of rotatable bonds is 7. The van der Waals surface area contributed by atoms with Crippen LogP contribution in [0.25, 0.3) is 0 Å². The summed E-state index contributed by atoms with van der Waals surface area (Å²) in [5.41, 5.74) is 0.281. The average molecular weight is 500 g/mol. The van der Waals surface area contributed by atoms with Crippen molar-refractivity contribution in [3.8, 4) is 0 Å². The molecule has 3 N–H and O–H groups in total. The van der Waals surface area contributed by atoms with E-state index in [9.17, 15) is 8.68 Å². The molecule has 1 amide bonds. The highest BCUT2D eigenvalue weighted by atomic mass is 35.5. The minimum atomic E-state index is -1.92. The lowest BCUT2D eigenvalue weighted by Crippen LogP contribution is -2.47. The van der Waals surface area contributed by atoms with Crippen molar-refractivity contribution in [1.29, 1.82) is 0 Å². The highest BCUT2D eigenvalue weighted by molar-refractivity contribution is 8.18. The molecule has 13 heteroatoms. The Balaban J connectivity index is 1.41. The van der Waals surface area contributed by atoms with Gasteiger partial charge in [-0.2, -0.15) is 3.89 Å². The SMILES string of the molecule is Cc1nc(Nc2ncc(C(=O)NC3=C[SH](F)C=C3Cl)s2)cc(N2CCN(CCO)CC2)n1. The number of nitrogens with one attached hydrogen (secondary N) is 2. The summed E-state index contributed by atoms with van der Waals surface area (Å²) in [6.07, 6.45) is 1.45. The Morgan fingerprint density at radius 1 is 1.31 bits per heavy atom. The zero-order valence-corrected chi connectivity index (χ0v) is 19.7. The lowest BCUT2D eigenvalue weighted by Gasteiger charge is -2.35. The summed E-state index contributed by atoms with van der Waals surface area (Å²) < 4.78 is 13.4. The van der Waals surface area contributed by atoms with E-state index in [4.69, 9.17) is 16.7 Å². The van der Waals surface area contributed by atoms with Crippen LogP contribution < -0.4 is 15.5 Å². The number of carbonyl (C=O) groups excluding carboxylic acids is 1. The summed E-state index contributed by atoms with van der Waals surface area (Å²) in [5.74, 6) is 1.61. The maximum atomic E-state index is 13.4. The number of nitrogens with zero attached hydrogens (tertiary/aromatic N) is 5. The molecular formula is C19H23ClFN7O2S2. The Hall–Kier alpha value is -2.25. The van der Waals surface area contributed by atoms with Gasteiger partial charge in [-0.1, -0.05) is 34.2 Å². The Bertz CT molecular complexity index is 1060. The predicted molar refractivity (Wildman–Crippen MR) is 127 cm³/mol. The number of aryl methyl sites for hydroxylation is 1. The molecule has 2 aliphatic rings. The third-order valence-electron chi connectivity index (χ3n) is 4.90. The fourth-order valence-corrected chi connectivity index (χ4v) is 5.40. The number of aromatic nitrogens is 3. The summed E-state index contributed by atoms with van der Waals surface area (Å²) in [6.45, 7) is 6.00. The number of thiazole rings is 1. The van der Waals surface area contributed by atoms with Crippen LogP contribution in [-0.4, -0.2) is 70.2 Å². The lowest BCUT2D eigenvalue weighted by molar-refractivity contribution is 0.0971. The molecule has 32 heavy (non-hydrogen) atoms. The molecule has 0 aliphatic carbocycles. The third kappa shape index (κ3) is 5.56. The van der Waals surface area contributed by atoms with Crippen molar-refractivity contribution < 1.29 is 13.8 Å². The van der Waals surface area contributed by atoms with Crippen molar-refractivity contribution in [2.24, 2.45) is 0 Å². The van der Waals surface area contributed by atoms with E-state index in [1.807, 2.05) is 13.0 Å². The number of anilines is 3. The van der Waals surface area contributed by atoms with Crippen molar-refractivity contribution in [3.05, 3.63) is 44.5 Å². The second kappa shape index (κ2) is 10.1. The second-order valence-corrected chi connectivity index (χ2v) is 9.83. The molecule has 9 nitrogen and oxygen atoms in total. The summed E-state index contributed by atoms with van der Waals surface area (Å²) in [6, 6.07) is 1.85. The van der Waals surface area contributed by atoms with E-state index in [0.29, 0.717) is 28.2 Å². The smallest absolute Gasteiger partial charge is 0.267 e. The van der Waals surface area contributed by atoms with Crippen LogP contribution in [0.5, 0.6) is 0 Å². The number of amides is 1. The van der Waals surface area contributed by atoms with Gasteiger partial charge in [0.25, 0.3) is 5.91 Å².